The van der Waals surface area contributed by atoms with Gasteiger partial charge in [-0.05, 0) is 109 Å². The van der Waals surface area contributed by atoms with Gasteiger partial charge in [-0.25, -0.2) is 4.57 Å². The van der Waals surface area contributed by atoms with E-state index in [1.807, 2.05) is 21.1 Å². The molecule has 1 N–H and O–H groups in total. The number of quaternary nitrogens is 1. The van der Waals surface area contributed by atoms with E-state index in [0.717, 1.165) is 103 Å². The van der Waals surface area contributed by atoms with Crippen molar-refractivity contribution in [2.75, 3.05) is 47.5 Å². The number of phosphoric ester groups is 1. The summed E-state index contributed by atoms with van der Waals surface area (Å²) in [6.45, 7) is 4.15. The van der Waals surface area contributed by atoms with Crippen LogP contribution in [0.2, 0.25) is 0 Å². The third kappa shape index (κ3) is 63.3. The van der Waals surface area contributed by atoms with Crippen LogP contribution in [0.15, 0.2) is 134 Å². The second-order valence-electron chi connectivity index (χ2n) is 22.0. The summed E-state index contributed by atoms with van der Waals surface area (Å²) in [4.78, 5) is 35.7. The predicted octanol–water partition coefficient (Wildman–Crippen LogP) is 20.5. The largest absolute Gasteiger partial charge is 0.472 e. The highest BCUT2D eigenvalue weighted by Crippen LogP contribution is 2.43. The Labute approximate surface area is 491 Å². The van der Waals surface area contributed by atoms with Crippen molar-refractivity contribution in [2.45, 2.75) is 251 Å². The summed E-state index contributed by atoms with van der Waals surface area (Å²) in [5.41, 5.74) is 0. The first-order valence-corrected chi connectivity index (χ1v) is 33.4. The molecule has 0 spiro atoms. The van der Waals surface area contributed by atoms with Gasteiger partial charge < -0.3 is 18.9 Å². The molecular formula is C70H119NO8P+. The van der Waals surface area contributed by atoms with Crippen LogP contribution in [0.5, 0.6) is 0 Å². The van der Waals surface area contributed by atoms with E-state index >= 15 is 0 Å². The maximum atomic E-state index is 12.8. The van der Waals surface area contributed by atoms with Gasteiger partial charge in [0.15, 0.2) is 6.10 Å². The molecule has 0 aliphatic heterocycles. The SMILES string of the molecule is CC/C=C\C/C=C\C/C=C\C/C=C\C/C=C\C/C=C\C/C=C\CCCCCCCCCCCCCCCCCCCCCC(=O)OC(COC(=O)CCCC/C=C\C/C=C\C/C=C\C/C=C\CC)COP(=O)(O)OCC[N+](C)(C)C. The third-order valence-electron chi connectivity index (χ3n) is 13.2. The zero-order chi connectivity index (χ0) is 58.4. The van der Waals surface area contributed by atoms with Crippen LogP contribution in [-0.4, -0.2) is 74.9 Å². The number of rotatable bonds is 57. The first-order valence-electron chi connectivity index (χ1n) is 31.9. The Bertz CT molecular complexity index is 1810. The lowest BCUT2D eigenvalue weighted by molar-refractivity contribution is -0.870. The summed E-state index contributed by atoms with van der Waals surface area (Å²) in [6.07, 6.45) is 87.1. The zero-order valence-electron chi connectivity index (χ0n) is 51.8. The van der Waals surface area contributed by atoms with Crippen LogP contribution in [0.3, 0.4) is 0 Å². The molecule has 9 nitrogen and oxygen atoms in total. The van der Waals surface area contributed by atoms with Crippen molar-refractivity contribution >= 4 is 19.8 Å². The summed E-state index contributed by atoms with van der Waals surface area (Å²) < 4.78 is 34.5. The topological polar surface area (TPSA) is 108 Å². The molecule has 80 heavy (non-hydrogen) atoms. The highest BCUT2D eigenvalue weighted by Gasteiger charge is 2.27. The van der Waals surface area contributed by atoms with Crippen molar-refractivity contribution in [1.29, 1.82) is 0 Å². The van der Waals surface area contributed by atoms with Crippen molar-refractivity contribution in [3.05, 3.63) is 134 Å². The normalized spacial score (nSPS) is 14.1. The van der Waals surface area contributed by atoms with Gasteiger partial charge in [0.05, 0.1) is 27.7 Å². The molecule has 0 heterocycles. The molecule has 0 aliphatic carbocycles. The van der Waals surface area contributed by atoms with Gasteiger partial charge in [-0.1, -0.05) is 257 Å². The predicted molar refractivity (Wildman–Crippen MR) is 344 cm³/mol. The molecule has 0 aromatic rings. The fraction of sp³-hybridized carbons (Fsp3) is 0.657. The van der Waals surface area contributed by atoms with Gasteiger partial charge >= 0.3 is 19.8 Å². The Hall–Kier alpha value is -3.85. The first kappa shape index (κ1) is 76.1. The quantitative estimate of drug-likeness (QED) is 0.0211. The number of ether oxygens (including phenoxy) is 2. The van der Waals surface area contributed by atoms with E-state index in [9.17, 15) is 19.0 Å². The fourth-order valence-corrected chi connectivity index (χ4v) is 9.08. The number of likely N-dealkylation sites (N-methyl/N-ethyl adjacent to an activating group) is 1. The molecule has 10 heteroatoms. The Morgan fingerprint density at radius 1 is 0.388 bits per heavy atom. The van der Waals surface area contributed by atoms with Gasteiger partial charge in [0.1, 0.15) is 19.8 Å². The van der Waals surface area contributed by atoms with E-state index in [4.69, 9.17) is 18.5 Å². The summed E-state index contributed by atoms with van der Waals surface area (Å²) in [5.74, 6) is -0.848. The highest BCUT2D eigenvalue weighted by molar-refractivity contribution is 7.47. The molecular weight excluding hydrogens is 1010 g/mol. The Morgan fingerprint density at radius 2 is 0.675 bits per heavy atom. The summed E-state index contributed by atoms with van der Waals surface area (Å²) in [5, 5.41) is 0. The standard InChI is InChI=1S/C70H118NO8P/c1-6-8-10-12-14-16-18-20-22-23-24-25-26-27-28-29-30-31-32-33-34-35-36-37-38-39-40-41-42-43-44-45-46-47-49-51-53-55-57-59-61-63-70(73)79-68(67-78-80(74,75)77-65-64-71(3,4)5)66-76-69(72)62-60-58-56-54-52-50-48-21-19-17-15-13-11-9-7-2/h8-11,14-17,20-22,24-25,27-28,30-31,33-34,48,52,54,68H,6-7,12-13,18-19,23,26,29,32,35-47,49-51,53,55-67H2,1-5H3/p+1/b10-8-,11-9-,16-14-,17-15-,22-20-,25-24-,28-27-,31-30-,34-33-,48-21-,54-52-. The Kier molecular flexibility index (Phi) is 56.9. The summed E-state index contributed by atoms with van der Waals surface area (Å²) >= 11 is 0. The fourth-order valence-electron chi connectivity index (χ4n) is 8.34. The number of hydrogen-bond donors (Lipinski definition) is 1. The minimum Gasteiger partial charge on any atom is -0.462 e. The van der Waals surface area contributed by atoms with Crippen molar-refractivity contribution in [3.63, 3.8) is 0 Å². The highest BCUT2D eigenvalue weighted by atomic mass is 31.2. The zero-order valence-corrected chi connectivity index (χ0v) is 52.7. The Balaban J connectivity index is 3.99. The Morgan fingerprint density at radius 3 is 1.02 bits per heavy atom. The van der Waals surface area contributed by atoms with Crippen molar-refractivity contribution in [2.24, 2.45) is 0 Å². The van der Waals surface area contributed by atoms with Crippen LogP contribution < -0.4 is 0 Å². The molecule has 0 bridgehead atoms. The van der Waals surface area contributed by atoms with Gasteiger partial charge in [-0.2, -0.15) is 0 Å². The van der Waals surface area contributed by atoms with Crippen molar-refractivity contribution in [3.8, 4) is 0 Å². The number of carbonyl (C=O) groups excluding carboxylic acids is 2. The second kappa shape index (κ2) is 59.8. The molecule has 456 valence electrons. The minimum atomic E-state index is -4.40. The number of allylic oxidation sites excluding steroid dienone is 22. The van der Waals surface area contributed by atoms with Crippen molar-refractivity contribution in [1.82, 2.24) is 0 Å². The minimum absolute atomic E-state index is 0.0204. The van der Waals surface area contributed by atoms with Crippen LogP contribution in [0.25, 0.3) is 0 Å². The number of nitrogens with zero attached hydrogens (tertiary/aromatic N) is 1. The summed E-state index contributed by atoms with van der Waals surface area (Å²) in [6, 6.07) is 0. The van der Waals surface area contributed by atoms with E-state index in [1.165, 1.54) is 103 Å². The van der Waals surface area contributed by atoms with Crippen LogP contribution in [0.1, 0.15) is 245 Å². The van der Waals surface area contributed by atoms with Crippen molar-refractivity contribution < 1.29 is 42.1 Å². The van der Waals surface area contributed by atoms with E-state index in [-0.39, 0.29) is 26.1 Å². The maximum Gasteiger partial charge on any atom is 0.472 e. The lowest BCUT2D eigenvalue weighted by atomic mass is 10.0. The van der Waals surface area contributed by atoms with Gasteiger partial charge in [0.25, 0.3) is 0 Å². The molecule has 0 fully saturated rings. The van der Waals surface area contributed by atoms with E-state index in [2.05, 4.69) is 148 Å². The van der Waals surface area contributed by atoms with Crippen LogP contribution >= 0.6 is 7.82 Å². The maximum absolute atomic E-state index is 12.8. The first-order chi connectivity index (χ1) is 39.0. The van der Waals surface area contributed by atoms with Crippen LogP contribution in [0, 0.1) is 0 Å². The lowest BCUT2D eigenvalue weighted by Gasteiger charge is -2.24. The molecule has 0 aromatic carbocycles. The summed E-state index contributed by atoms with van der Waals surface area (Å²) in [7, 11) is 1.44. The second-order valence-corrected chi connectivity index (χ2v) is 23.5. The van der Waals surface area contributed by atoms with Gasteiger partial charge in [0.2, 0.25) is 0 Å². The number of phosphoric acid groups is 1. The third-order valence-corrected chi connectivity index (χ3v) is 14.2. The van der Waals surface area contributed by atoms with E-state index in [0.29, 0.717) is 23.9 Å². The molecule has 0 saturated heterocycles. The van der Waals surface area contributed by atoms with Gasteiger partial charge in [-0.15, -0.1) is 0 Å². The molecule has 0 aromatic heterocycles. The molecule has 0 amide bonds. The number of carbonyl (C=O) groups is 2. The van der Waals surface area contributed by atoms with E-state index < -0.39 is 32.5 Å². The number of esters is 2. The van der Waals surface area contributed by atoms with Crippen LogP contribution in [0.4, 0.5) is 0 Å². The molecule has 2 atom stereocenters. The average molecular weight is 1130 g/mol. The van der Waals surface area contributed by atoms with Crippen LogP contribution in [-0.2, 0) is 32.7 Å². The monoisotopic (exact) mass is 1130 g/mol. The average Bonchev–Trinajstić information content (AvgIpc) is 3.42. The molecule has 0 rings (SSSR count). The smallest absolute Gasteiger partial charge is 0.462 e. The molecule has 0 aliphatic rings. The van der Waals surface area contributed by atoms with Gasteiger partial charge in [-0.3, -0.25) is 18.6 Å². The molecule has 0 radical (unpaired) electrons. The van der Waals surface area contributed by atoms with Gasteiger partial charge in [0, 0.05) is 12.8 Å². The number of unbranched alkanes of at least 4 members (excludes halogenated alkanes) is 21. The lowest BCUT2D eigenvalue weighted by Crippen LogP contribution is -2.37. The number of hydrogen-bond acceptors (Lipinski definition) is 7. The molecule has 0 saturated carbocycles. The molecule has 2 unspecified atom stereocenters. The van der Waals surface area contributed by atoms with E-state index in [1.54, 1.807) is 0 Å².